The molecule has 2 fully saturated rings. The van der Waals surface area contributed by atoms with E-state index in [0.29, 0.717) is 6.42 Å². The molecule has 1 spiro atoms. The van der Waals surface area contributed by atoms with Gasteiger partial charge in [-0.25, -0.2) is 0 Å². The van der Waals surface area contributed by atoms with Gasteiger partial charge in [-0.3, -0.25) is 14.9 Å². The summed E-state index contributed by atoms with van der Waals surface area (Å²) in [4.78, 5) is 22.0. The van der Waals surface area contributed by atoms with Gasteiger partial charge in [0.05, 0.1) is 11.5 Å². The molecule has 1 aliphatic heterocycles. The van der Waals surface area contributed by atoms with Crippen LogP contribution in [0.1, 0.15) is 19.3 Å². The van der Waals surface area contributed by atoms with E-state index in [0.717, 1.165) is 12.8 Å². The number of hydrogen-bond donors (Lipinski definition) is 2. The van der Waals surface area contributed by atoms with E-state index in [4.69, 9.17) is 5.73 Å². The van der Waals surface area contributed by atoms with E-state index >= 15 is 0 Å². The van der Waals surface area contributed by atoms with E-state index in [9.17, 15) is 9.59 Å². The average molecular weight is 154 g/mol. The Labute approximate surface area is 64.1 Å². The second-order valence-corrected chi connectivity index (χ2v) is 3.41. The van der Waals surface area contributed by atoms with Gasteiger partial charge in [0.1, 0.15) is 0 Å². The molecule has 4 heteroatoms. The van der Waals surface area contributed by atoms with Crippen LogP contribution in [0.2, 0.25) is 0 Å². The fraction of sp³-hybridized carbons (Fsp3) is 0.714. The molecule has 2 amide bonds. The highest BCUT2D eigenvalue weighted by molar-refractivity contribution is 6.04. The van der Waals surface area contributed by atoms with Gasteiger partial charge in [0.2, 0.25) is 11.8 Å². The Hall–Kier alpha value is -0.900. The molecule has 0 aromatic rings. The van der Waals surface area contributed by atoms with Crippen molar-refractivity contribution in [1.29, 1.82) is 0 Å². The predicted molar refractivity (Wildman–Crippen MR) is 37.4 cm³/mol. The van der Waals surface area contributed by atoms with Crippen molar-refractivity contribution in [3.8, 4) is 0 Å². The molecular weight excluding hydrogens is 144 g/mol. The monoisotopic (exact) mass is 154 g/mol. The molecule has 4 nitrogen and oxygen atoms in total. The Morgan fingerprint density at radius 1 is 1.45 bits per heavy atom. The molecule has 3 N–H and O–H groups in total. The van der Waals surface area contributed by atoms with Crippen molar-refractivity contribution >= 4 is 11.8 Å². The van der Waals surface area contributed by atoms with Crippen molar-refractivity contribution in [3.05, 3.63) is 0 Å². The van der Waals surface area contributed by atoms with Crippen LogP contribution in [0, 0.1) is 5.41 Å². The fourth-order valence-corrected chi connectivity index (χ4v) is 1.53. The summed E-state index contributed by atoms with van der Waals surface area (Å²) in [6, 6.07) is -0.477. The third-order valence-corrected chi connectivity index (χ3v) is 2.52. The third-order valence-electron chi connectivity index (χ3n) is 2.52. The molecule has 1 saturated carbocycles. The van der Waals surface area contributed by atoms with Crippen molar-refractivity contribution in [2.75, 3.05) is 0 Å². The molecular formula is C7H10N2O2. The van der Waals surface area contributed by atoms with Gasteiger partial charge in [-0.2, -0.15) is 0 Å². The Morgan fingerprint density at radius 2 is 2.09 bits per heavy atom. The first kappa shape index (κ1) is 6.79. The van der Waals surface area contributed by atoms with Crippen LogP contribution >= 0.6 is 0 Å². The maximum absolute atomic E-state index is 11.1. The number of nitrogens with two attached hydrogens (primary N) is 1. The zero-order valence-electron chi connectivity index (χ0n) is 6.09. The lowest BCUT2D eigenvalue weighted by atomic mass is 9.92. The average Bonchev–Trinajstić information content (AvgIpc) is 2.66. The SMILES string of the molecule is NC1CC2(CC2)C(=O)NC1=O. The van der Waals surface area contributed by atoms with Gasteiger partial charge in [0, 0.05) is 0 Å². The molecule has 60 valence electrons. The highest BCUT2D eigenvalue weighted by Crippen LogP contribution is 2.50. The van der Waals surface area contributed by atoms with Crippen molar-refractivity contribution < 1.29 is 9.59 Å². The minimum Gasteiger partial charge on any atom is -0.320 e. The number of carbonyl (C=O) groups excluding carboxylic acids is 2. The lowest BCUT2D eigenvalue weighted by Gasteiger charge is -2.24. The number of imide groups is 1. The Balaban J connectivity index is 2.18. The van der Waals surface area contributed by atoms with Crippen molar-refractivity contribution in [3.63, 3.8) is 0 Å². The van der Waals surface area contributed by atoms with Crippen molar-refractivity contribution in [2.24, 2.45) is 11.1 Å². The minimum absolute atomic E-state index is 0.121. The first-order chi connectivity index (χ1) is 5.14. The van der Waals surface area contributed by atoms with Gasteiger partial charge >= 0.3 is 0 Å². The summed E-state index contributed by atoms with van der Waals surface area (Å²) < 4.78 is 0. The second-order valence-electron chi connectivity index (χ2n) is 3.41. The zero-order valence-corrected chi connectivity index (χ0v) is 6.09. The van der Waals surface area contributed by atoms with Crippen LogP contribution in [0.25, 0.3) is 0 Å². The number of amides is 2. The quantitative estimate of drug-likeness (QED) is 0.446. The summed E-state index contributed by atoms with van der Waals surface area (Å²) in [6.45, 7) is 0. The van der Waals surface area contributed by atoms with E-state index in [1.54, 1.807) is 0 Å². The molecule has 2 aliphatic rings. The summed E-state index contributed by atoms with van der Waals surface area (Å²) in [6.07, 6.45) is 2.32. The van der Waals surface area contributed by atoms with Gasteiger partial charge in [-0.15, -0.1) is 0 Å². The summed E-state index contributed by atoms with van der Waals surface area (Å²) in [5.74, 6) is -0.447. The summed E-state index contributed by atoms with van der Waals surface area (Å²) in [5.41, 5.74) is 5.24. The van der Waals surface area contributed by atoms with Gasteiger partial charge < -0.3 is 5.73 Å². The third kappa shape index (κ3) is 0.860. The van der Waals surface area contributed by atoms with E-state index in [1.165, 1.54) is 0 Å². The normalized spacial score (nSPS) is 33.7. The van der Waals surface area contributed by atoms with Gasteiger partial charge in [0.15, 0.2) is 0 Å². The van der Waals surface area contributed by atoms with Crippen LogP contribution in [-0.2, 0) is 9.59 Å². The molecule has 1 saturated heterocycles. The molecule has 1 atom stereocenters. The predicted octanol–water partition coefficient (Wildman–Crippen LogP) is -0.860. The highest BCUT2D eigenvalue weighted by atomic mass is 16.2. The molecule has 1 unspecified atom stereocenters. The van der Waals surface area contributed by atoms with Crippen LogP contribution < -0.4 is 11.1 Å². The molecule has 1 heterocycles. The zero-order chi connectivity index (χ0) is 8.06. The Bertz CT molecular complexity index is 233. The number of carbonyl (C=O) groups is 2. The van der Waals surface area contributed by atoms with Crippen LogP contribution in [0.5, 0.6) is 0 Å². The van der Waals surface area contributed by atoms with Crippen molar-refractivity contribution in [2.45, 2.75) is 25.3 Å². The number of piperidine rings is 1. The van der Waals surface area contributed by atoms with E-state index in [1.807, 2.05) is 0 Å². The molecule has 0 aromatic heterocycles. The van der Waals surface area contributed by atoms with Gasteiger partial charge in [-0.1, -0.05) is 0 Å². The minimum atomic E-state index is -0.477. The lowest BCUT2D eigenvalue weighted by molar-refractivity contribution is -0.138. The largest absolute Gasteiger partial charge is 0.320 e. The lowest BCUT2D eigenvalue weighted by Crippen LogP contribution is -2.53. The van der Waals surface area contributed by atoms with Gasteiger partial charge in [0.25, 0.3) is 0 Å². The maximum Gasteiger partial charge on any atom is 0.243 e. The molecule has 0 radical (unpaired) electrons. The number of rotatable bonds is 0. The smallest absolute Gasteiger partial charge is 0.243 e. The second kappa shape index (κ2) is 1.82. The van der Waals surface area contributed by atoms with Crippen molar-refractivity contribution in [1.82, 2.24) is 5.32 Å². The first-order valence-electron chi connectivity index (χ1n) is 3.75. The summed E-state index contributed by atoms with van der Waals surface area (Å²) in [7, 11) is 0. The van der Waals surface area contributed by atoms with Gasteiger partial charge in [-0.05, 0) is 19.3 Å². The Morgan fingerprint density at radius 3 is 2.64 bits per heavy atom. The molecule has 1 aliphatic carbocycles. The van der Waals surface area contributed by atoms with E-state index < -0.39 is 6.04 Å². The van der Waals surface area contributed by atoms with Crippen LogP contribution in [0.15, 0.2) is 0 Å². The van der Waals surface area contributed by atoms with Crippen LogP contribution in [0.4, 0.5) is 0 Å². The first-order valence-corrected chi connectivity index (χ1v) is 3.75. The topological polar surface area (TPSA) is 72.2 Å². The number of nitrogens with one attached hydrogen (secondary N) is 1. The fourth-order valence-electron chi connectivity index (χ4n) is 1.53. The molecule has 11 heavy (non-hydrogen) atoms. The van der Waals surface area contributed by atoms with Crippen LogP contribution in [-0.4, -0.2) is 17.9 Å². The standard InChI is InChI=1S/C7H10N2O2/c8-4-3-7(1-2-7)6(11)9-5(4)10/h4H,1-3,8H2,(H,9,10,11). The highest BCUT2D eigenvalue weighted by Gasteiger charge is 2.54. The summed E-state index contributed by atoms with van der Waals surface area (Å²) >= 11 is 0. The summed E-state index contributed by atoms with van der Waals surface area (Å²) in [5, 5.41) is 2.28. The molecule has 2 rings (SSSR count). The molecule has 0 bridgehead atoms. The maximum atomic E-state index is 11.1. The van der Waals surface area contributed by atoms with E-state index in [-0.39, 0.29) is 17.2 Å². The number of hydrogen-bond acceptors (Lipinski definition) is 3. The molecule has 0 aromatic carbocycles. The van der Waals surface area contributed by atoms with E-state index in [2.05, 4.69) is 5.32 Å². The Kier molecular flexibility index (Phi) is 1.12. The van der Waals surface area contributed by atoms with Crippen LogP contribution in [0.3, 0.4) is 0 Å².